The fourth-order valence-electron chi connectivity index (χ4n) is 2.17. The Morgan fingerprint density at radius 2 is 2.12 bits per heavy atom. The summed E-state index contributed by atoms with van der Waals surface area (Å²) in [6.07, 6.45) is 3.68. The molecule has 1 aromatic rings. The van der Waals surface area contributed by atoms with Crippen molar-refractivity contribution in [2.24, 2.45) is 5.41 Å². The minimum absolute atomic E-state index is 0.147. The van der Waals surface area contributed by atoms with Gasteiger partial charge in [0.2, 0.25) is 0 Å². The summed E-state index contributed by atoms with van der Waals surface area (Å²) in [5, 5.41) is 14.8. The summed E-state index contributed by atoms with van der Waals surface area (Å²) in [6, 6.07) is 0. The predicted octanol–water partition coefficient (Wildman–Crippen LogP) is 2.93. The second-order valence-electron chi connectivity index (χ2n) is 5.25. The molecule has 2 rings (SSSR count). The highest BCUT2D eigenvalue weighted by atomic mass is 79.9. The number of nitrogens with zero attached hydrogens (tertiary/aromatic N) is 2. The number of aryl methyl sites for hydroxylation is 2. The first-order chi connectivity index (χ1) is 8.01. The molecule has 0 spiro atoms. The zero-order chi connectivity index (χ0) is 12.6. The molecule has 1 aliphatic rings. The van der Waals surface area contributed by atoms with Crippen LogP contribution in [0.4, 0.5) is 0 Å². The van der Waals surface area contributed by atoms with Gasteiger partial charge in [0.1, 0.15) is 0 Å². The van der Waals surface area contributed by atoms with Crippen molar-refractivity contribution in [1.29, 1.82) is 0 Å². The van der Waals surface area contributed by atoms with Crippen molar-refractivity contribution in [3.8, 4) is 0 Å². The van der Waals surface area contributed by atoms with Crippen LogP contribution >= 0.6 is 15.9 Å². The van der Waals surface area contributed by atoms with Gasteiger partial charge >= 0.3 is 0 Å². The summed E-state index contributed by atoms with van der Waals surface area (Å²) in [4.78, 5) is 0. The molecule has 17 heavy (non-hydrogen) atoms. The molecule has 1 N–H and O–H groups in total. The van der Waals surface area contributed by atoms with Gasteiger partial charge in [0.25, 0.3) is 0 Å². The van der Waals surface area contributed by atoms with Crippen LogP contribution in [0.5, 0.6) is 0 Å². The Morgan fingerprint density at radius 1 is 1.47 bits per heavy atom. The normalized spacial score (nSPS) is 19.4. The first-order valence-corrected chi connectivity index (χ1v) is 7.23. The third-order valence-electron chi connectivity index (χ3n) is 3.92. The number of rotatable bonds is 5. The fraction of sp³-hybridized carbons (Fsp3) is 0.769. The lowest BCUT2D eigenvalue weighted by atomic mass is 9.97. The fourth-order valence-corrected chi connectivity index (χ4v) is 2.90. The SMILES string of the molecule is CCc1nn(CC)c(CC(O)C2(C)CC2)c1Br. The van der Waals surface area contributed by atoms with Crippen LogP contribution in [0.15, 0.2) is 4.47 Å². The van der Waals surface area contributed by atoms with E-state index in [4.69, 9.17) is 0 Å². The number of hydrogen-bond donors (Lipinski definition) is 1. The first kappa shape index (κ1) is 13.1. The highest BCUT2D eigenvalue weighted by Crippen LogP contribution is 2.49. The number of hydrogen-bond acceptors (Lipinski definition) is 2. The third kappa shape index (κ3) is 2.43. The minimum Gasteiger partial charge on any atom is -0.392 e. The maximum Gasteiger partial charge on any atom is 0.0766 e. The summed E-state index contributed by atoms with van der Waals surface area (Å²) in [5.74, 6) is 0. The van der Waals surface area contributed by atoms with Gasteiger partial charge in [0.15, 0.2) is 0 Å². The van der Waals surface area contributed by atoms with E-state index in [9.17, 15) is 5.11 Å². The molecule has 96 valence electrons. The average Bonchev–Trinajstić information content (AvgIpc) is 2.99. The van der Waals surface area contributed by atoms with Gasteiger partial charge in [0, 0.05) is 13.0 Å². The molecule has 1 unspecified atom stereocenters. The van der Waals surface area contributed by atoms with Crippen molar-refractivity contribution in [2.45, 2.75) is 59.1 Å². The average molecular weight is 301 g/mol. The Bertz CT molecular complexity index is 410. The van der Waals surface area contributed by atoms with Gasteiger partial charge < -0.3 is 5.11 Å². The van der Waals surface area contributed by atoms with Gasteiger partial charge in [-0.25, -0.2) is 0 Å². The second-order valence-corrected chi connectivity index (χ2v) is 6.04. The van der Waals surface area contributed by atoms with Gasteiger partial charge in [-0.05, 0) is 47.5 Å². The summed E-state index contributed by atoms with van der Waals surface area (Å²) in [6.45, 7) is 7.22. The maximum absolute atomic E-state index is 10.3. The summed E-state index contributed by atoms with van der Waals surface area (Å²) in [7, 11) is 0. The molecular weight excluding hydrogens is 280 g/mol. The zero-order valence-corrected chi connectivity index (χ0v) is 12.4. The maximum atomic E-state index is 10.3. The van der Waals surface area contributed by atoms with Gasteiger partial charge in [0.05, 0.1) is 22.0 Å². The predicted molar refractivity (Wildman–Crippen MR) is 72.0 cm³/mol. The van der Waals surface area contributed by atoms with E-state index in [0.29, 0.717) is 6.42 Å². The molecule has 0 radical (unpaired) electrons. The topological polar surface area (TPSA) is 38.0 Å². The molecule has 4 heteroatoms. The molecule has 0 bridgehead atoms. The molecule has 1 atom stereocenters. The van der Waals surface area contributed by atoms with E-state index in [0.717, 1.165) is 41.7 Å². The number of halogens is 1. The number of aliphatic hydroxyl groups excluding tert-OH is 1. The quantitative estimate of drug-likeness (QED) is 0.908. The largest absolute Gasteiger partial charge is 0.392 e. The van der Waals surface area contributed by atoms with Crippen molar-refractivity contribution in [3.05, 3.63) is 15.9 Å². The van der Waals surface area contributed by atoms with E-state index in [1.807, 2.05) is 4.68 Å². The molecule has 1 aromatic heterocycles. The molecule has 0 aromatic carbocycles. The molecule has 1 fully saturated rings. The Morgan fingerprint density at radius 3 is 2.59 bits per heavy atom. The molecule has 0 amide bonds. The van der Waals surface area contributed by atoms with E-state index in [1.165, 1.54) is 0 Å². The van der Waals surface area contributed by atoms with E-state index < -0.39 is 0 Å². The molecule has 1 aliphatic carbocycles. The molecular formula is C13H21BrN2O. The smallest absolute Gasteiger partial charge is 0.0766 e. The van der Waals surface area contributed by atoms with Crippen LogP contribution in [-0.4, -0.2) is 21.0 Å². The Labute approximate surface area is 111 Å². The Kier molecular flexibility index (Phi) is 3.64. The lowest BCUT2D eigenvalue weighted by Gasteiger charge is -2.18. The standard InChI is InChI=1S/C13H21BrN2O/c1-4-9-12(14)10(16(5-2)15-9)8-11(17)13(3)6-7-13/h11,17H,4-8H2,1-3H3. The minimum atomic E-state index is -0.245. The molecule has 1 heterocycles. The summed E-state index contributed by atoms with van der Waals surface area (Å²) in [5.41, 5.74) is 2.38. The molecule has 0 saturated heterocycles. The number of aliphatic hydroxyl groups is 1. The van der Waals surface area contributed by atoms with Crippen LogP contribution in [0.1, 0.15) is 45.0 Å². The monoisotopic (exact) mass is 300 g/mol. The van der Waals surface area contributed by atoms with Gasteiger partial charge in [-0.15, -0.1) is 0 Å². The van der Waals surface area contributed by atoms with Crippen LogP contribution in [0, 0.1) is 5.41 Å². The highest BCUT2D eigenvalue weighted by Gasteiger charge is 2.44. The molecule has 1 saturated carbocycles. The summed E-state index contributed by atoms with van der Waals surface area (Å²) < 4.78 is 3.10. The van der Waals surface area contributed by atoms with Gasteiger partial charge in [-0.3, -0.25) is 4.68 Å². The van der Waals surface area contributed by atoms with Gasteiger partial charge in [-0.1, -0.05) is 13.8 Å². The van der Waals surface area contributed by atoms with Crippen molar-refractivity contribution in [1.82, 2.24) is 9.78 Å². The summed E-state index contributed by atoms with van der Waals surface area (Å²) >= 11 is 3.62. The van der Waals surface area contributed by atoms with Crippen LogP contribution in [0.3, 0.4) is 0 Å². The Balaban J connectivity index is 2.21. The van der Waals surface area contributed by atoms with Crippen LogP contribution in [-0.2, 0) is 19.4 Å². The number of aromatic nitrogens is 2. The van der Waals surface area contributed by atoms with Crippen molar-refractivity contribution < 1.29 is 5.11 Å². The van der Waals surface area contributed by atoms with Crippen LogP contribution in [0.2, 0.25) is 0 Å². The van der Waals surface area contributed by atoms with E-state index >= 15 is 0 Å². The van der Waals surface area contributed by atoms with Crippen LogP contribution < -0.4 is 0 Å². The lowest BCUT2D eigenvalue weighted by Crippen LogP contribution is -2.23. The Hall–Kier alpha value is -0.350. The van der Waals surface area contributed by atoms with Crippen molar-refractivity contribution in [2.75, 3.05) is 0 Å². The van der Waals surface area contributed by atoms with Crippen molar-refractivity contribution >= 4 is 15.9 Å². The third-order valence-corrected chi connectivity index (χ3v) is 4.84. The van der Waals surface area contributed by atoms with E-state index in [-0.39, 0.29) is 11.5 Å². The van der Waals surface area contributed by atoms with Crippen LogP contribution in [0.25, 0.3) is 0 Å². The van der Waals surface area contributed by atoms with E-state index in [2.05, 4.69) is 41.8 Å². The second kappa shape index (κ2) is 4.73. The first-order valence-electron chi connectivity index (χ1n) is 6.44. The van der Waals surface area contributed by atoms with Gasteiger partial charge in [-0.2, -0.15) is 5.10 Å². The zero-order valence-electron chi connectivity index (χ0n) is 10.8. The van der Waals surface area contributed by atoms with Crippen molar-refractivity contribution in [3.63, 3.8) is 0 Å². The molecule has 3 nitrogen and oxygen atoms in total. The highest BCUT2D eigenvalue weighted by molar-refractivity contribution is 9.10. The lowest BCUT2D eigenvalue weighted by molar-refractivity contribution is 0.101. The van der Waals surface area contributed by atoms with E-state index in [1.54, 1.807) is 0 Å². The molecule has 0 aliphatic heterocycles.